The average molecular weight is 513 g/mol. The molecule has 1 aliphatic heterocycles. The van der Waals surface area contributed by atoms with Crippen LogP contribution in [0.15, 0.2) is 18.2 Å². The minimum absolute atomic E-state index is 0. The Morgan fingerprint density at radius 3 is 2.45 bits per heavy atom. The van der Waals surface area contributed by atoms with E-state index in [9.17, 15) is 5.11 Å². The van der Waals surface area contributed by atoms with Crippen molar-refractivity contribution in [3.63, 3.8) is 0 Å². The number of phenolic OH excluding ortho intramolecular Hbond substituents is 1. The smallest absolute Gasteiger partial charge is 0.131 e. The predicted octanol–water partition coefficient (Wildman–Crippen LogP) is 5.23. The summed E-state index contributed by atoms with van der Waals surface area (Å²) in [7, 11) is 0. The van der Waals surface area contributed by atoms with E-state index >= 15 is 0 Å². The van der Waals surface area contributed by atoms with Crippen LogP contribution < -0.4 is 4.74 Å². The molecule has 0 spiro atoms. The third kappa shape index (κ3) is 3.98. The van der Waals surface area contributed by atoms with E-state index in [0.29, 0.717) is 5.75 Å². The molecule has 1 aromatic carbocycles. The van der Waals surface area contributed by atoms with Crippen molar-refractivity contribution >= 4 is 6.08 Å². The largest absolute Gasteiger partial charge is 0.507 e. The predicted molar refractivity (Wildman–Crippen MR) is 89.0 cm³/mol. The zero-order valence-electron chi connectivity index (χ0n) is 14.4. The second-order valence-corrected chi connectivity index (χ2v) is 6.53. The van der Waals surface area contributed by atoms with Gasteiger partial charge >= 0.3 is 0 Å². The van der Waals surface area contributed by atoms with E-state index in [1.807, 2.05) is 20.8 Å². The molecule has 1 aliphatic rings. The van der Waals surface area contributed by atoms with Crippen LogP contribution in [0.25, 0.3) is 6.08 Å². The Balaban J connectivity index is 0.00000242. The molecule has 1 heterocycles. The number of hydrogen-bond acceptors (Lipinski definition) is 2. The zero-order valence-corrected chi connectivity index (χ0v) is 19.2. The van der Waals surface area contributed by atoms with Gasteiger partial charge in [-0.2, -0.15) is 0 Å². The van der Waals surface area contributed by atoms with Gasteiger partial charge in [-0.3, -0.25) is 0 Å². The molecule has 1 unspecified atom stereocenters. The number of fused-ring (bicyclic) bond motifs is 1. The summed E-state index contributed by atoms with van der Waals surface area (Å²) in [6.45, 7) is 14.0. The zero-order chi connectivity index (χ0) is 15.8. The van der Waals surface area contributed by atoms with E-state index in [1.165, 1.54) is 5.57 Å². The van der Waals surface area contributed by atoms with Crippen molar-refractivity contribution in [2.75, 3.05) is 0 Å². The number of aromatic hydroxyl groups is 1. The Kier molecular flexibility index (Phi) is 6.78. The van der Waals surface area contributed by atoms with Crippen LogP contribution in [0.2, 0.25) is 0 Å². The van der Waals surface area contributed by atoms with Gasteiger partial charge in [-0.1, -0.05) is 11.6 Å². The molecular formula is C19H26AcO2. The van der Waals surface area contributed by atoms with Gasteiger partial charge in [-0.15, -0.1) is 6.58 Å². The number of phenols is 1. The first-order valence-corrected chi connectivity index (χ1v) is 7.60. The molecule has 0 fully saturated rings. The van der Waals surface area contributed by atoms with E-state index < -0.39 is 0 Å². The summed E-state index contributed by atoms with van der Waals surface area (Å²) < 4.78 is 6.32. The summed E-state index contributed by atoms with van der Waals surface area (Å²) in [5.74, 6) is 1.30. The van der Waals surface area contributed by atoms with Crippen LogP contribution in [-0.4, -0.2) is 10.7 Å². The third-order valence-electron chi connectivity index (χ3n) is 4.48. The summed E-state index contributed by atoms with van der Waals surface area (Å²) in [5, 5.41) is 10.2. The fourth-order valence-corrected chi connectivity index (χ4v) is 2.86. The van der Waals surface area contributed by atoms with Crippen LogP contribution in [0.5, 0.6) is 11.5 Å². The van der Waals surface area contributed by atoms with E-state index in [-0.39, 0.29) is 49.7 Å². The van der Waals surface area contributed by atoms with Gasteiger partial charge in [0, 0.05) is 55.2 Å². The molecule has 1 atom stereocenters. The minimum Gasteiger partial charge on any atom is -0.507 e. The summed E-state index contributed by atoms with van der Waals surface area (Å²) >= 11 is 0. The standard InChI is InChI=1S/C19H26O2.Ac/c1-12(2)8-7-10-19(6)11-9-16-15(5)17(20)13(3)14(4)18(16)21-19;/h9,11,20H,1,7-8,10H2,2-6H3;. The van der Waals surface area contributed by atoms with Gasteiger partial charge in [0.1, 0.15) is 17.1 Å². The quantitative estimate of drug-likeness (QED) is 0.559. The van der Waals surface area contributed by atoms with Crippen molar-refractivity contribution in [1.29, 1.82) is 0 Å². The number of allylic oxidation sites excluding steroid dienone is 1. The normalized spacial score (nSPS) is 19.1. The molecule has 1 aromatic rings. The fourth-order valence-electron chi connectivity index (χ4n) is 2.86. The Morgan fingerprint density at radius 2 is 1.86 bits per heavy atom. The third-order valence-corrected chi connectivity index (χ3v) is 4.48. The first-order valence-electron chi connectivity index (χ1n) is 7.60. The first kappa shape index (κ1) is 19.8. The molecule has 0 bridgehead atoms. The first-order chi connectivity index (χ1) is 9.75. The topological polar surface area (TPSA) is 29.5 Å². The summed E-state index contributed by atoms with van der Waals surface area (Å²) in [6.07, 6.45) is 7.29. The maximum absolute atomic E-state index is 10.2. The Morgan fingerprint density at radius 1 is 1.23 bits per heavy atom. The van der Waals surface area contributed by atoms with Crippen LogP contribution in [0, 0.1) is 64.8 Å². The van der Waals surface area contributed by atoms with Crippen molar-refractivity contribution < 1.29 is 53.9 Å². The van der Waals surface area contributed by atoms with Crippen molar-refractivity contribution in [3.8, 4) is 11.5 Å². The molecule has 0 aromatic heterocycles. The van der Waals surface area contributed by atoms with Crippen molar-refractivity contribution in [3.05, 3.63) is 40.5 Å². The van der Waals surface area contributed by atoms with E-state index in [0.717, 1.165) is 47.3 Å². The van der Waals surface area contributed by atoms with Gasteiger partial charge in [0.15, 0.2) is 0 Å². The molecule has 2 rings (SSSR count). The summed E-state index contributed by atoms with van der Waals surface area (Å²) in [6, 6.07) is 0. The van der Waals surface area contributed by atoms with Gasteiger partial charge in [-0.05, 0) is 71.1 Å². The van der Waals surface area contributed by atoms with Crippen molar-refractivity contribution in [2.24, 2.45) is 0 Å². The number of benzene rings is 1. The maximum atomic E-state index is 10.2. The summed E-state index contributed by atoms with van der Waals surface area (Å²) in [5.41, 5.74) is 4.78. The summed E-state index contributed by atoms with van der Waals surface area (Å²) in [4.78, 5) is 0. The van der Waals surface area contributed by atoms with Crippen LogP contribution in [0.4, 0.5) is 0 Å². The van der Waals surface area contributed by atoms with Gasteiger partial charge in [0.05, 0.1) is 0 Å². The number of rotatable bonds is 4. The molecule has 0 saturated carbocycles. The number of ether oxygens (including phenoxy) is 1. The van der Waals surface area contributed by atoms with Crippen molar-refractivity contribution in [2.45, 2.75) is 59.5 Å². The molecule has 1 radical (unpaired) electrons. The van der Waals surface area contributed by atoms with Gasteiger partial charge in [0.25, 0.3) is 0 Å². The SMILES string of the molecule is C=C(C)CCCC1(C)C=Cc2c(C)c(O)c(C)c(C)c2O1.[Ac]. The molecule has 3 heteroatoms. The fraction of sp³-hybridized carbons (Fsp3) is 0.474. The molecule has 117 valence electrons. The van der Waals surface area contributed by atoms with Crippen molar-refractivity contribution in [1.82, 2.24) is 0 Å². The van der Waals surface area contributed by atoms with Gasteiger partial charge in [-0.25, -0.2) is 0 Å². The van der Waals surface area contributed by atoms with Gasteiger partial charge < -0.3 is 9.84 Å². The van der Waals surface area contributed by atoms with Gasteiger partial charge in [0.2, 0.25) is 0 Å². The number of hydrogen-bond donors (Lipinski definition) is 1. The van der Waals surface area contributed by atoms with Crippen LogP contribution in [0.1, 0.15) is 55.4 Å². The molecule has 1 N–H and O–H groups in total. The molecule has 0 saturated heterocycles. The minimum atomic E-state index is -0.275. The van der Waals surface area contributed by atoms with Crippen LogP contribution in [-0.2, 0) is 0 Å². The molecule has 22 heavy (non-hydrogen) atoms. The van der Waals surface area contributed by atoms with E-state index in [1.54, 1.807) is 0 Å². The van der Waals surface area contributed by atoms with Crippen LogP contribution >= 0.6 is 0 Å². The maximum Gasteiger partial charge on any atom is 0.131 e. The van der Waals surface area contributed by atoms with E-state index in [4.69, 9.17) is 4.74 Å². The monoisotopic (exact) mass is 513 g/mol. The molecule has 2 nitrogen and oxygen atoms in total. The van der Waals surface area contributed by atoms with E-state index in [2.05, 4.69) is 32.6 Å². The average Bonchev–Trinajstić information content (AvgIpc) is 2.42. The second-order valence-electron chi connectivity index (χ2n) is 6.53. The Labute approximate surface area is 170 Å². The molecule has 0 amide bonds. The molecular weight excluding hydrogens is 487 g/mol. The second kappa shape index (κ2) is 7.54. The molecule has 0 aliphatic carbocycles. The van der Waals surface area contributed by atoms with Crippen LogP contribution in [0.3, 0.4) is 0 Å². The Hall–Kier alpha value is -0.258. The Bertz CT molecular complexity index is 617.